The molecule has 1 aliphatic heterocycles. The molecule has 112 valence electrons. The fourth-order valence-corrected chi connectivity index (χ4v) is 3.34. The summed E-state index contributed by atoms with van der Waals surface area (Å²) < 4.78 is 0. The average molecular weight is 274 g/mol. The molecule has 1 N–H and O–H groups in total. The van der Waals surface area contributed by atoms with Gasteiger partial charge in [0.15, 0.2) is 0 Å². The third kappa shape index (κ3) is 3.35. The topological polar surface area (TPSA) is 15.3 Å². The number of aryl methyl sites for hydroxylation is 1. The molecule has 0 aromatic heterocycles. The van der Waals surface area contributed by atoms with Gasteiger partial charge in [-0.25, -0.2) is 0 Å². The first-order valence-corrected chi connectivity index (χ1v) is 8.25. The lowest BCUT2D eigenvalue weighted by Crippen LogP contribution is -2.58. The fraction of sp³-hybridized carbons (Fsp3) is 0.667. The van der Waals surface area contributed by atoms with E-state index in [0.29, 0.717) is 18.0 Å². The van der Waals surface area contributed by atoms with Crippen molar-refractivity contribution in [2.45, 2.75) is 59.0 Å². The number of anilines is 1. The second-order valence-electron chi connectivity index (χ2n) is 6.34. The van der Waals surface area contributed by atoms with Gasteiger partial charge < -0.3 is 10.2 Å². The minimum Gasteiger partial charge on any atom is -0.365 e. The van der Waals surface area contributed by atoms with E-state index in [9.17, 15) is 0 Å². The molecule has 0 amide bonds. The molecular weight excluding hydrogens is 244 g/mol. The number of hydrogen-bond donors (Lipinski definition) is 1. The molecule has 1 saturated heterocycles. The fourth-order valence-electron chi connectivity index (χ4n) is 3.34. The van der Waals surface area contributed by atoms with E-state index in [1.165, 1.54) is 24.1 Å². The van der Waals surface area contributed by atoms with E-state index in [4.69, 9.17) is 0 Å². The smallest absolute Gasteiger partial charge is 0.0438 e. The standard InChI is InChI=1S/C18H30N2/c1-5-9-16-13-20(18(12-19-16)14(3)4)17-11-8-7-10-15(17)6-2/h7-8,10-11,14,16,18-19H,5-6,9,12-13H2,1-4H3. The Kier molecular flexibility index (Phi) is 5.47. The van der Waals surface area contributed by atoms with Gasteiger partial charge in [0, 0.05) is 30.9 Å². The lowest BCUT2D eigenvalue weighted by atomic mass is 9.95. The second kappa shape index (κ2) is 7.12. The van der Waals surface area contributed by atoms with Crippen LogP contribution in [-0.4, -0.2) is 25.2 Å². The van der Waals surface area contributed by atoms with Crippen LogP contribution in [0.4, 0.5) is 5.69 Å². The molecule has 1 aliphatic rings. The Morgan fingerprint density at radius 3 is 2.65 bits per heavy atom. The molecule has 1 aromatic carbocycles. The average Bonchev–Trinajstić information content (AvgIpc) is 2.47. The number of nitrogens with one attached hydrogen (secondary N) is 1. The van der Waals surface area contributed by atoms with Crippen molar-refractivity contribution in [3.8, 4) is 0 Å². The maximum atomic E-state index is 3.75. The Labute approximate surface area is 124 Å². The van der Waals surface area contributed by atoms with Crippen LogP contribution in [0.15, 0.2) is 24.3 Å². The molecule has 2 nitrogen and oxygen atoms in total. The molecule has 0 saturated carbocycles. The van der Waals surface area contributed by atoms with E-state index >= 15 is 0 Å². The SMILES string of the molecule is CCCC1CN(c2ccccc2CC)C(C(C)C)CN1. The lowest BCUT2D eigenvalue weighted by Gasteiger charge is -2.44. The Bertz CT molecular complexity index is 414. The Balaban J connectivity index is 2.26. The lowest BCUT2D eigenvalue weighted by molar-refractivity contribution is 0.327. The van der Waals surface area contributed by atoms with Gasteiger partial charge >= 0.3 is 0 Å². The Hall–Kier alpha value is -1.02. The summed E-state index contributed by atoms with van der Waals surface area (Å²) in [6.45, 7) is 11.5. The van der Waals surface area contributed by atoms with Crippen LogP contribution in [0, 0.1) is 5.92 Å². The van der Waals surface area contributed by atoms with Gasteiger partial charge in [-0.2, -0.15) is 0 Å². The van der Waals surface area contributed by atoms with E-state index < -0.39 is 0 Å². The molecule has 1 aromatic rings. The first-order valence-electron chi connectivity index (χ1n) is 8.25. The van der Waals surface area contributed by atoms with E-state index in [-0.39, 0.29) is 0 Å². The summed E-state index contributed by atoms with van der Waals surface area (Å²) in [4.78, 5) is 2.67. The molecule has 2 unspecified atom stereocenters. The van der Waals surface area contributed by atoms with Gasteiger partial charge in [0.1, 0.15) is 0 Å². The molecule has 0 aliphatic carbocycles. The largest absolute Gasteiger partial charge is 0.365 e. The van der Waals surface area contributed by atoms with Crippen molar-refractivity contribution in [2.75, 3.05) is 18.0 Å². The summed E-state index contributed by atoms with van der Waals surface area (Å²) in [5.74, 6) is 0.676. The van der Waals surface area contributed by atoms with E-state index in [1.54, 1.807) is 0 Å². The summed E-state index contributed by atoms with van der Waals surface area (Å²) in [5, 5.41) is 3.75. The molecule has 1 fully saturated rings. The predicted molar refractivity (Wildman–Crippen MR) is 88.5 cm³/mol. The van der Waals surface area contributed by atoms with Crippen LogP contribution in [0.3, 0.4) is 0 Å². The molecule has 0 spiro atoms. The van der Waals surface area contributed by atoms with Gasteiger partial charge in [-0.05, 0) is 30.4 Å². The first kappa shape index (κ1) is 15.4. The van der Waals surface area contributed by atoms with E-state index in [1.807, 2.05) is 0 Å². The van der Waals surface area contributed by atoms with Gasteiger partial charge in [-0.1, -0.05) is 52.3 Å². The van der Waals surface area contributed by atoms with Gasteiger partial charge in [0.05, 0.1) is 0 Å². The minimum absolute atomic E-state index is 0.607. The highest BCUT2D eigenvalue weighted by molar-refractivity contribution is 5.55. The van der Waals surface area contributed by atoms with Crippen molar-refractivity contribution >= 4 is 5.69 Å². The molecule has 0 radical (unpaired) electrons. The predicted octanol–water partition coefficient (Wildman–Crippen LogP) is 3.85. The van der Waals surface area contributed by atoms with Crippen molar-refractivity contribution in [3.63, 3.8) is 0 Å². The molecule has 20 heavy (non-hydrogen) atoms. The number of hydrogen-bond acceptors (Lipinski definition) is 2. The van der Waals surface area contributed by atoms with E-state index in [2.05, 4.69) is 62.2 Å². The van der Waals surface area contributed by atoms with Gasteiger partial charge in [-0.3, -0.25) is 0 Å². The summed E-state index contributed by atoms with van der Waals surface area (Å²) in [6, 6.07) is 10.2. The van der Waals surface area contributed by atoms with Crippen LogP contribution in [0.25, 0.3) is 0 Å². The third-order valence-corrected chi connectivity index (χ3v) is 4.52. The highest BCUT2D eigenvalue weighted by Crippen LogP contribution is 2.28. The zero-order valence-corrected chi connectivity index (χ0v) is 13.5. The number of para-hydroxylation sites is 1. The summed E-state index contributed by atoms with van der Waals surface area (Å²) >= 11 is 0. The Morgan fingerprint density at radius 1 is 1.25 bits per heavy atom. The first-order chi connectivity index (χ1) is 9.67. The zero-order valence-electron chi connectivity index (χ0n) is 13.5. The van der Waals surface area contributed by atoms with Gasteiger partial charge in [0.2, 0.25) is 0 Å². The normalized spacial score (nSPS) is 23.4. The van der Waals surface area contributed by atoms with E-state index in [0.717, 1.165) is 19.5 Å². The number of piperazine rings is 1. The monoisotopic (exact) mass is 274 g/mol. The van der Waals surface area contributed by atoms with Crippen LogP contribution in [0.2, 0.25) is 0 Å². The van der Waals surface area contributed by atoms with Crippen LogP contribution in [0.5, 0.6) is 0 Å². The molecule has 0 bridgehead atoms. The van der Waals surface area contributed by atoms with Crippen molar-refractivity contribution in [2.24, 2.45) is 5.92 Å². The third-order valence-electron chi connectivity index (χ3n) is 4.52. The highest BCUT2D eigenvalue weighted by Gasteiger charge is 2.30. The quantitative estimate of drug-likeness (QED) is 0.877. The highest BCUT2D eigenvalue weighted by atomic mass is 15.2. The molecular formula is C18H30N2. The van der Waals surface area contributed by atoms with Crippen molar-refractivity contribution < 1.29 is 0 Å². The Morgan fingerprint density at radius 2 is 2.00 bits per heavy atom. The van der Waals surface area contributed by atoms with Crippen LogP contribution in [-0.2, 0) is 6.42 Å². The number of benzene rings is 1. The van der Waals surface area contributed by atoms with Crippen molar-refractivity contribution in [1.82, 2.24) is 5.32 Å². The molecule has 2 rings (SSSR count). The van der Waals surface area contributed by atoms with Crippen LogP contribution in [0.1, 0.15) is 46.1 Å². The van der Waals surface area contributed by atoms with Crippen molar-refractivity contribution in [3.05, 3.63) is 29.8 Å². The molecule has 1 heterocycles. The minimum atomic E-state index is 0.607. The molecule has 2 heteroatoms. The summed E-state index contributed by atoms with van der Waals surface area (Å²) in [5.41, 5.74) is 2.94. The number of nitrogens with zero attached hydrogens (tertiary/aromatic N) is 1. The second-order valence-corrected chi connectivity index (χ2v) is 6.34. The summed E-state index contributed by atoms with van der Waals surface area (Å²) in [7, 11) is 0. The zero-order chi connectivity index (χ0) is 14.5. The van der Waals surface area contributed by atoms with Crippen molar-refractivity contribution in [1.29, 1.82) is 0 Å². The van der Waals surface area contributed by atoms with Crippen LogP contribution < -0.4 is 10.2 Å². The molecule has 2 atom stereocenters. The van der Waals surface area contributed by atoms with Gasteiger partial charge in [0.25, 0.3) is 0 Å². The number of rotatable bonds is 5. The summed E-state index contributed by atoms with van der Waals surface area (Å²) in [6.07, 6.45) is 3.65. The maximum Gasteiger partial charge on any atom is 0.0438 e. The van der Waals surface area contributed by atoms with Gasteiger partial charge in [-0.15, -0.1) is 0 Å². The van der Waals surface area contributed by atoms with Crippen LogP contribution >= 0.6 is 0 Å². The maximum absolute atomic E-state index is 3.75.